The van der Waals surface area contributed by atoms with E-state index in [1.54, 1.807) is 0 Å². The number of fused-ring (bicyclic) bond motifs is 5. The summed E-state index contributed by atoms with van der Waals surface area (Å²) in [6.07, 6.45) is 9.10. The number of hydrogen-bond donors (Lipinski definition) is 0. The average Bonchev–Trinajstić information content (AvgIpc) is 3.39. The molecule has 4 aromatic carbocycles. The molecule has 1 aliphatic carbocycles. The Morgan fingerprint density at radius 1 is 0.889 bits per heavy atom. The van der Waals surface area contributed by atoms with Crippen LogP contribution in [0, 0.1) is 12.8 Å². The van der Waals surface area contributed by atoms with Gasteiger partial charge in [-0.2, -0.15) is 0 Å². The lowest BCUT2D eigenvalue weighted by Crippen LogP contribution is -2.32. The molecule has 1 aromatic heterocycles. The minimum atomic E-state index is 0.459. The second kappa shape index (κ2) is 8.35. The van der Waals surface area contributed by atoms with E-state index in [1.807, 2.05) is 11.8 Å². The smallest absolute Gasteiger partial charge is 0.200 e. The minimum Gasteiger partial charge on any atom is -0.200 e. The normalized spacial score (nSPS) is 15.5. The fraction of sp³-hybridized carbons (Fsp3) is 0.324. The number of hydrogen-bond acceptors (Lipinski definition) is 1. The molecular weight excluding hydrogens is 454 g/mol. The molecule has 0 bridgehead atoms. The minimum absolute atomic E-state index is 0.459. The number of aryl methyl sites for hydroxylation is 2. The van der Waals surface area contributed by atoms with E-state index < -0.39 is 0 Å². The molecule has 0 N–H and O–H groups in total. The maximum Gasteiger partial charge on any atom is 0.222 e. The highest BCUT2D eigenvalue weighted by molar-refractivity contribution is 8.00. The second-order valence-corrected chi connectivity index (χ2v) is 12.4. The zero-order chi connectivity index (χ0) is 24.6. The van der Waals surface area contributed by atoms with Gasteiger partial charge in [0, 0.05) is 21.2 Å². The van der Waals surface area contributed by atoms with Crippen LogP contribution >= 0.6 is 11.8 Å². The third-order valence-corrected chi connectivity index (χ3v) is 9.98. The van der Waals surface area contributed by atoms with Crippen molar-refractivity contribution in [2.45, 2.75) is 68.6 Å². The van der Waals surface area contributed by atoms with E-state index in [0.29, 0.717) is 5.92 Å². The number of nitrogens with zero attached hydrogens (tertiary/aromatic N) is 1. The number of rotatable bonds is 3. The molecule has 0 saturated heterocycles. The van der Waals surface area contributed by atoms with Crippen molar-refractivity contribution in [2.24, 2.45) is 13.0 Å². The number of aromatic nitrogens is 1. The largest absolute Gasteiger partial charge is 0.222 e. The first-order valence-corrected chi connectivity index (χ1v) is 14.4. The Hall–Kier alpha value is -2.84. The van der Waals surface area contributed by atoms with Crippen LogP contribution < -0.4 is 4.57 Å². The van der Waals surface area contributed by atoms with E-state index in [2.05, 4.69) is 93.2 Å². The molecule has 7 rings (SSSR count). The van der Waals surface area contributed by atoms with Crippen molar-refractivity contribution in [3.8, 4) is 11.3 Å². The molecule has 1 saturated carbocycles. The summed E-state index contributed by atoms with van der Waals surface area (Å²) in [6, 6.07) is 21.0. The molecule has 0 amide bonds. The standard InChI is InChI=1S/C34H34NS/c1-20(2)30-26-14-8-7-13-24(26)21(3)31-33-32-27(16-17-35(33)4)25-15-9-12-23(18-22-10-5-6-11-22)28(25)19-29(32)36-34(30)31/h7-9,12-17,19-20,22H,5-6,10-11,18H2,1-4H3/q+1. The molecule has 2 heterocycles. The van der Waals surface area contributed by atoms with Crippen molar-refractivity contribution >= 4 is 44.1 Å². The van der Waals surface area contributed by atoms with E-state index in [1.165, 1.54) is 102 Å². The van der Waals surface area contributed by atoms with Crippen LogP contribution in [0.5, 0.6) is 0 Å². The molecule has 0 unspecified atom stereocenters. The molecular formula is C34H34NS+. The Bertz CT molecular complexity index is 1690. The van der Waals surface area contributed by atoms with Gasteiger partial charge in [0.1, 0.15) is 7.05 Å². The zero-order valence-corrected chi connectivity index (χ0v) is 22.6. The zero-order valence-electron chi connectivity index (χ0n) is 21.8. The predicted molar refractivity (Wildman–Crippen MR) is 154 cm³/mol. The van der Waals surface area contributed by atoms with Gasteiger partial charge in [0.05, 0.1) is 10.9 Å². The Balaban J connectivity index is 1.58. The van der Waals surface area contributed by atoms with Crippen LogP contribution in [0.1, 0.15) is 62.1 Å². The highest BCUT2D eigenvalue weighted by Crippen LogP contribution is 2.54. The van der Waals surface area contributed by atoms with E-state index in [0.717, 1.165) is 5.92 Å². The van der Waals surface area contributed by atoms with E-state index in [4.69, 9.17) is 0 Å². The van der Waals surface area contributed by atoms with Gasteiger partial charge in [-0.15, -0.1) is 0 Å². The van der Waals surface area contributed by atoms with Gasteiger partial charge in [0.25, 0.3) is 0 Å². The van der Waals surface area contributed by atoms with Gasteiger partial charge >= 0.3 is 0 Å². The molecule has 0 spiro atoms. The molecule has 1 aliphatic heterocycles. The van der Waals surface area contributed by atoms with Gasteiger partial charge in [-0.3, -0.25) is 0 Å². The lowest BCUT2D eigenvalue weighted by Gasteiger charge is -2.26. The maximum atomic E-state index is 2.54. The molecule has 1 fully saturated rings. The monoisotopic (exact) mass is 488 g/mol. The third-order valence-electron chi connectivity index (χ3n) is 8.81. The lowest BCUT2D eigenvalue weighted by atomic mass is 9.86. The summed E-state index contributed by atoms with van der Waals surface area (Å²) in [7, 11) is 2.22. The van der Waals surface area contributed by atoms with Crippen molar-refractivity contribution in [3.05, 3.63) is 77.5 Å². The van der Waals surface area contributed by atoms with Crippen molar-refractivity contribution in [3.63, 3.8) is 0 Å². The predicted octanol–water partition coefficient (Wildman–Crippen LogP) is 9.27. The molecule has 2 aliphatic rings. The molecule has 36 heavy (non-hydrogen) atoms. The van der Waals surface area contributed by atoms with Gasteiger partial charge < -0.3 is 0 Å². The second-order valence-electron chi connectivity index (χ2n) is 11.4. The molecule has 0 atom stereocenters. The third kappa shape index (κ3) is 3.20. The molecule has 1 nitrogen and oxygen atoms in total. The molecule has 2 heteroatoms. The summed E-state index contributed by atoms with van der Waals surface area (Å²) >= 11 is 2.02. The van der Waals surface area contributed by atoms with Crippen LogP contribution in [-0.4, -0.2) is 0 Å². The van der Waals surface area contributed by atoms with Gasteiger partial charge in [0.15, 0.2) is 6.20 Å². The van der Waals surface area contributed by atoms with E-state index in [-0.39, 0.29) is 0 Å². The van der Waals surface area contributed by atoms with Crippen LogP contribution in [0.25, 0.3) is 43.6 Å². The van der Waals surface area contributed by atoms with Crippen LogP contribution in [0.3, 0.4) is 0 Å². The topological polar surface area (TPSA) is 3.88 Å². The fourth-order valence-electron chi connectivity index (χ4n) is 7.11. The Morgan fingerprint density at radius 3 is 2.42 bits per heavy atom. The SMILES string of the molecule is Cc1c2c(c(C(C)C)c3ccccc13)Sc1cc3c(CC4CCCC4)cccc3c3cc[n+](C)c-2c13. The summed E-state index contributed by atoms with van der Waals surface area (Å²) in [5, 5.41) is 8.51. The van der Waals surface area contributed by atoms with Crippen molar-refractivity contribution in [1.29, 1.82) is 0 Å². The van der Waals surface area contributed by atoms with Crippen LogP contribution in [0.4, 0.5) is 0 Å². The summed E-state index contributed by atoms with van der Waals surface area (Å²) in [5.74, 6) is 1.31. The maximum absolute atomic E-state index is 2.54. The van der Waals surface area contributed by atoms with Crippen molar-refractivity contribution in [2.75, 3.05) is 0 Å². The Labute approximate surface area is 218 Å². The summed E-state index contributed by atoms with van der Waals surface area (Å²) in [6.45, 7) is 7.04. The summed E-state index contributed by atoms with van der Waals surface area (Å²) in [5.41, 5.74) is 7.26. The first kappa shape index (κ1) is 22.4. The Kier molecular flexibility index (Phi) is 5.19. The van der Waals surface area contributed by atoms with Gasteiger partial charge in [-0.05, 0) is 69.5 Å². The highest BCUT2D eigenvalue weighted by Gasteiger charge is 2.33. The first-order chi connectivity index (χ1) is 17.5. The fourth-order valence-corrected chi connectivity index (χ4v) is 8.62. The van der Waals surface area contributed by atoms with Gasteiger partial charge in [-0.1, -0.05) is 93.8 Å². The lowest BCUT2D eigenvalue weighted by molar-refractivity contribution is -0.659. The Morgan fingerprint density at radius 2 is 1.64 bits per heavy atom. The van der Waals surface area contributed by atoms with Crippen LogP contribution in [0.2, 0.25) is 0 Å². The molecule has 0 radical (unpaired) electrons. The quantitative estimate of drug-likeness (QED) is 0.177. The summed E-state index contributed by atoms with van der Waals surface area (Å²) < 4.78 is 2.37. The first-order valence-electron chi connectivity index (χ1n) is 13.6. The van der Waals surface area contributed by atoms with Gasteiger partial charge in [0.2, 0.25) is 5.69 Å². The number of pyridine rings is 1. The average molecular weight is 489 g/mol. The summed E-state index contributed by atoms with van der Waals surface area (Å²) in [4.78, 5) is 2.89. The van der Waals surface area contributed by atoms with E-state index >= 15 is 0 Å². The van der Waals surface area contributed by atoms with E-state index in [9.17, 15) is 0 Å². The van der Waals surface area contributed by atoms with Crippen LogP contribution in [0.15, 0.2) is 70.6 Å². The van der Waals surface area contributed by atoms with Crippen LogP contribution in [-0.2, 0) is 13.5 Å². The number of benzene rings is 4. The molecule has 5 aromatic rings. The molecule has 180 valence electrons. The van der Waals surface area contributed by atoms with Gasteiger partial charge in [-0.25, -0.2) is 4.57 Å². The van der Waals surface area contributed by atoms with Crippen molar-refractivity contribution in [1.82, 2.24) is 0 Å². The highest BCUT2D eigenvalue weighted by atomic mass is 32.2. The van der Waals surface area contributed by atoms with Crippen molar-refractivity contribution < 1.29 is 4.57 Å².